The summed E-state index contributed by atoms with van der Waals surface area (Å²) in [7, 11) is 0. The summed E-state index contributed by atoms with van der Waals surface area (Å²) in [4.78, 5) is 23.0. The molecule has 0 spiro atoms. The summed E-state index contributed by atoms with van der Waals surface area (Å²) in [5.74, 6) is 0.581. The third-order valence-corrected chi connectivity index (χ3v) is 3.41. The maximum absolute atomic E-state index is 11.7. The lowest BCUT2D eigenvalue weighted by atomic mass is 10.1. The van der Waals surface area contributed by atoms with Gasteiger partial charge in [-0.15, -0.1) is 12.4 Å². The van der Waals surface area contributed by atoms with Crippen LogP contribution in [0.2, 0.25) is 0 Å². The molecule has 0 heterocycles. The molecular weight excluding hydrogens is 304 g/mol. The molecule has 0 aromatic rings. The standard InChI is InChI=1S/C12H24N2O4S.ClH/c1-4-18-12(17)8(3)14-11(16)10(15)9(13)6-7-19-5-2;/h8-10,15H,4-7,13H2,1-3H3,(H,14,16);1H/t8-,9-,10-;/m1./s1. The number of hydrogen-bond acceptors (Lipinski definition) is 6. The lowest BCUT2D eigenvalue weighted by molar-refractivity contribution is -0.148. The Bertz CT molecular complexity index is 295. The van der Waals surface area contributed by atoms with Crippen LogP contribution in [-0.2, 0) is 14.3 Å². The van der Waals surface area contributed by atoms with Crippen LogP contribution in [0.15, 0.2) is 0 Å². The molecule has 0 saturated heterocycles. The predicted molar refractivity (Wildman–Crippen MR) is 83.1 cm³/mol. The normalized spacial score (nSPS) is 14.7. The quantitative estimate of drug-likeness (QED) is 0.416. The Kier molecular flexibility index (Phi) is 13.4. The number of halogens is 1. The summed E-state index contributed by atoms with van der Waals surface area (Å²) < 4.78 is 4.75. The zero-order valence-corrected chi connectivity index (χ0v) is 13.8. The van der Waals surface area contributed by atoms with Crippen LogP contribution >= 0.6 is 24.2 Å². The molecule has 6 nitrogen and oxygen atoms in total. The van der Waals surface area contributed by atoms with Crippen molar-refractivity contribution in [2.24, 2.45) is 5.73 Å². The van der Waals surface area contributed by atoms with Crippen LogP contribution in [0, 0.1) is 0 Å². The van der Waals surface area contributed by atoms with Crippen LogP contribution in [0.1, 0.15) is 27.2 Å². The first-order valence-electron chi connectivity index (χ1n) is 6.42. The lowest BCUT2D eigenvalue weighted by Gasteiger charge is -2.20. The van der Waals surface area contributed by atoms with Crippen molar-refractivity contribution in [1.82, 2.24) is 5.32 Å². The van der Waals surface area contributed by atoms with E-state index in [4.69, 9.17) is 10.5 Å². The van der Waals surface area contributed by atoms with Crippen LogP contribution < -0.4 is 11.1 Å². The zero-order chi connectivity index (χ0) is 14.8. The molecule has 120 valence electrons. The largest absolute Gasteiger partial charge is 0.464 e. The van der Waals surface area contributed by atoms with E-state index in [0.717, 1.165) is 11.5 Å². The molecule has 0 bridgehead atoms. The van der Waals surface area contributed by atoms with Gasteiger partial charge in [0.25, 0.3) is 5.91 Å². The van der Waals surface area contributed by atoms with Crippen molar-refractivity contribution in [2.75, 3.05) is 18.1 Å². The highest BCUT2D eigenvalue weighted by atomic mass is 35.5. The maximum Gasteiger partial charge on any atom is 0.328 e. The molecule has 0 radical (unpaired) electrons. The highest BCUT2D eigenvalue weighted by molar-refractivity contribution is 7.99. The number of ether oxygens (including phenoxy) is 1. The van der Waals surface area contributed by atoms with Gasteiger partial charge in [0.1, 0.15) is 12.1 Å². The molecule has 0 aromatic carbocycles. The van der Waals surface area contributed by atoms with E-state index < -0.39 is 30.1 Å². The molecule has 0 unspecified atom stereocenters. The van der Waals surface area contributed by atoms with Crippen molar-refractivity contribution in [3.05, 3.63) is 0 Å². The Labute approximate surface area is 130 Å². The van der Waals surface area contributed by atoms with Crippen molar-refractivity contribution in [1.29, 1.82) is 0 Å². The third-order valence-electron chi connectivity index (χ3n) is 2.47. The number of carbonyl (C=O) groups is 2. The molecule has 20 heavy (non-hydrogen) atoms. The van der Waals surface area contributed by atoms with E-state index in [1.165, 1.54) is 6.92 Å². The first-order valence-corrected chi connectivity index (χ1v) is 7.57. The zero-order valence-electron chi connectivity index (χ0n) is 12.1. The lowest BCUT2D eigenvalue weighted by Crippen LogP contribution is -2.50. The topological polar surface area (TPSA) is 102 Å². The van der Waals surface area contributed by atoms with E-state index in [-0.39, 0.29) is 19.0 Å². The van der Waals surface area contributed by atoms with E-state index >= 15 is 0 Å². The fourth-order valence-electron chi connectivity index (χ4n) is 1.34. The third kappa shape index (κ3) is 8.63. The van der Waals surface area contributed by atoms with Crippen LogP contribution in [0.4, 0.5) is 0 Å². The van der Waals surface area contributed by atoms with Crippen molar-refractivity contribution < 1.29 is 19.4 Å². The van der Waals surface area contributed by atoms with E-state index in [1.807, 2.05) is 6.92 Å². The number of aliphatic hydroxyl groups is 1. The predicted octanol–water partition coefficient (Wildman–Crippen LogP) is 0.307. The van der Waals surface area contributed by atoms with Crippen molar-refractivity contribution in [3.63, 3.8) is 0 Å². The summed E-state index contributed by atoms with van der Waals surface area (Å²) in [6.45, 7) is 5.46. The first kappa shape index (κ1) is 21.8. The molecule has 1 amide bonds. The van der Waals surface area contributed by atoms with Crippen LogP contribution in [0.25, 0.3) is 0 Å². The molecule has 0 aromatic heterocycles. The molecule has 3 atom stereocenters. The fourth-order valence-corrected chi connectivity index (χ4v) is 2.07. The average Bonchev–Trinajstić information content (AvgIpc) is 2.38. The SMILES string of the molecule is CCOC(=O)[C@@H](C)NC(=O)[C@H](O)[C@H](N)CCSCC.Cl. The van der Waals surface area contributed by atoms with Gasteiger partial charge in [0.2, 0.25) is 0 Å². The number of thioether (sulfide) groups is 1. The molecule has 0 aliphatic rings. The highest BCUT2D eigenvalue weighted by Gasteiger charge is 2.26. The molecule has 0 aliphatic heterocycles. The number of esters is 1. The van der Waals surface area contributed by atoms with Crippen LogP contribution in [0.3, 0.4) is 0 Å². The van der Waals surface area contributed by atoms with Crippen molar-refractivity contribution in [2.45, 2.75) is 45.4 Å². The van der Waals surface area contributed by atoms with E-state index in [0.29, 0.717) is 6.42 Å². The van der Waals surface area contributed by atoms with Gasteiger partial charge in [-0.25, -0.2) is 4.79 Å². The van der Waals surface area contributed by atoms with E-state index in [2.05, 4.69) is 5.32 Å². The van der Waals surface area contributed by atoms with E-state index in [9.17, 15) is 14.7 Å². The maximum atomic E-state index is 11.7. The minimum absolute atomic E-state index is 0. The van der Waals surface area contributed by atoms with E-state index in [1.54, 1.807) is 18.7 Å². The number of hydrogen-bond donors (Lipinski definition) is 3. The number of nitrogens with two attached hydrogens (primary N) is 1. The molecule has 4 N–H and O–H groups in total. The summed E-state index contributed by atoms with van der Waals surface area (Å²) in [6.07, 6.45) is -0.768. The van der Waals surface area contributed by atoms with Crippen molar-refractivity contribution >= 4 is 36.0 Å². The van der Waals surface area contributed by atoms with Gasteiger partial charge in [-0.3, -0.25) is 4.79 Å². The number of carbonyl (C=O) groups excluding carboxylic acids is 2. The molecule has 0 aliphatic carbocycles. The van der Waals surface area contributed by atoms with Crippen molar-refractivity contribution in [3.8, 4) is 0 Å². The Morgan fingerprint density at radius 3 is 2.50 bits per heavy atom. The second-order valence-corrected chi connectivity index (χ2v) is 5.47. The second-order valence-electron chi connectivity index (χ2n) is 4.08. The van der Waals surface area contributed by atoms with Crippen LogP contribution in [-0.4, -0.2) is 53.3 Å². The smallest absolute Gasteiger partial charge is 0.328 e. The van der Waals surface area contributed by atoms with Gasteiger partial charge >= 0.3 is 5.97 Å². The summed E-state index contributed by atoms with van der Waals surface area (Å²) >= 11 is 1.69. The Hall–Kier alpha value is -0.500. The molecule has 0 fully saturated rings. The molecule has 8 heteroatoms. The summed E-state index contributed by atoms with van der Waals surface area (Å²) in [6, 6.07) is -1.42. The number of rotatable bonds is 9. The number of nitrogens with one attached hydrogen (secondary N) is 1. The first-order chi connectivity index (χ1) is 8.93. The molecule has 0 rings (SSSR count). The Morgan fingerprint density at radius 1 is 1.40 bits per heavy atom. The average molecular weight is 329 g/mol. The monoisotopic (exact) mass is 328 g/mol. The van der Waals surface area contributed by atoms with Gasteiger partial charge in [-0.1, -0.05) is 6.92 Å². The second kappa shape index (κ2) is 12.3. The number of amides is 1. The van der Waals surface area contributed by atoms with Gasteiger partial charge in [0.05, 0.1) is 6.61 Å². The Morgan fingerprint density at radius 2 is 2.00 bits per heavy atom. The summed E-state index contributed by atoms with van der Waals surface area (Å²) in [5, 5.41) is 12.1. The Balaban J connectivity index is 0. The minimum Gasteiger partial charge on any atom is -0.464 e. The summed E-state index contributed by atoms with van der Waals surface area (Å²) in [5.41, 5.74) is 5.73. The fraction of sp³-hybridized carbons (Fsp3) is 0.833. The van der Waals surface area contributed by atoms with Gasteiger partial charge in [-0.05, 0) is 31.8 Å². The molecular formula is C12H25ClN2O4S. The van der Waals surface area contributed by atoms with Gasteiger partial charge in [-0.2, -0.15) is 11.8 Å². The minimum atomic E-state index is -1.31. The van der Waals surface area contributed by atoms with Gasteiger partial charge in [0, 0.05) is 6.04 Å². The molecule has 0 saturated carbocycles. The highest BCUT2D eigenvalue weighted by Crippen LogP contribution is 2.06. The van der Waals surface area contributed by atoms with Crippen LogP contribution in [0.5, 0.6) is 0 Å². The number of aliphatic hydroxyl groups excluding tert-OH is 1. The van der Waals surface area contributed by atoms with Gasteiger partial charge in [0.15, 0.2) is 0 Å². The van der Waals surface area contributed by atoms with Gasteiger partial charge < -0.3 is 20.9 Å².